The number of phenolic OH excluding ortho intramolecular Hbond substituents is 1. The number of rotatable bonds is 5. The highest BCUT2D eigenvalue weighted by atomic mass is 79.9. The number of hydrogen-bond donors (Lipinski definition) is 1. The average molecular weight is 414 g/mol. The van der Waals surface area contributed by atoms with Crippen LogP contribution in [0.15, 0.2) is 81.1 Å². The zero-order chi connectivity index (χ0) is 17.6. The Kier molecular flexibility index (Phi) is 5.63. The second-order valence-electron chi connectivity index (χ2n) is 5.19. The van der Waals surface area contributed by atoms with Crippen molar-refractivity contribution in [3.8, 4) is 17.0 Å². The van der Waals surface area contributed by atoms with Gasteiger partial charge in [0.1, 0.15) is 5.75 Å². The maximum atomic E-state index is 9.60. The number of nitrogens with zero attached hydrogens (tertiary/aromatic N) is 3. The zero-order valence-corrected chi connectivity index (χ0v) is 15.7. The Balaban J connectivity index is 2.06. The molecule has 126 valence electrons. The minimum absolute atomic E-state index is 0.212. The molecule has 3 rings (SSSR count). The Morgan fingerprint density at radius 2 is 2.00 bits per heavy atom. The van der Waals surface area contributed by atoms with Crippen LogP contribution >= 0.6 is 27.3 Å². The highest BCUT2D eigenvalue weighted by Gasteiger charge is 2.07. The van der Waals surface area contributed by atoms with Crippen LogP contribution in [0.1, 0.15) is 5.56 Å². The Hall–Kier alpha value is -2.44. The van der Waals surface area contributed by atoms with E-state index in [4.69, 9.17) is 0 Å². The maximum absolute atomic E-state index is 9.60. The molecule has 0 amide bonds. The molecule has 0 radical (unpaired) electrons. The van der Waals surface area contributed by atoms with Gasteiger partial charge < -0.3 is 5.11 Å². The topological polar surface area (TPSA) is 49.9 Å². The molecule has 0 saturated carbocycles. The van der Waals surface area contributed by atoms with Crippen LogP contribution in [0.4, 0.5) is 0 Å². The molecule has 0 aliphatic rings. The van der Waals surface area contributed by atoms with Crippen LogP contribution in [-0.2, 0) is 0 Å². The van der Waals surface area contributed by atoms with Gasteiger partial charge in [0.25, 0.3) is 0 Å². The summed E-state index contributed by atoms with van der Waals surface area (Å²) in [6.07, 6.45) is 3.46. The van der Waals surface area contributed by atoms with E-state index in [1.807, 2.05) is 35.7 Å². The third-order valence-electron chi connectivity index (χ3n) is 3.37. The van der Waals surface area contributed by atoms with Crippen molar-refractivity contribution in [2.24, 2.45) is 10.1 Å². The molecule has 0 aliphatic heterocycles. The molecule has 0 bridgehead atoms. The van der Waals surface area contributed by atoms with Crippen molar-refractivity contribution in [1.82, 2.24) is 4.68 Å². The van der Waals surface area contributed by atoms with Crippen LogP contribution in [-0.4, -0.2) is 22.5 Å². The summed E-state index contributed by atoms with van der Waals surface area (Å²) in [6.45, 7) is 4.24. The van der Waals surface area contributed by atoms with Gasteiger partial charge in [0, 0.05) is 15.4 Å². The van der Waals surface area contributed by atoms with Gasteiger partial charge in [-0.2, -0.15) is 5.10 Å². The summed E-state index contributed by atoms with van der Waals surface area (Å²) in [4.78, 5) is 5.30. The summed E-state index contributed by atoms with van der Waals surface area (Å²) in [5.74, 6) is 0.212. The number of halogens is 1. The minimum atomic E-state index is 0.212. The van der Waals surface area contributed by atoms with E-state index in [1.54, 1.807) is 35.2 Å². The third-order valence-corrected chi connectivity index (χ3v) is 4.76. The van der Waals surface area contributed by atoms with E-state index < -0.39 is 0 Å². The monoisotopic (exact) mass is 413 g/mol. The van der Waals surface area contributed by atoms with Gasteiger partial charge in [0.2, 0.25) is 4.80 Å². The summed E-state index contributed by atoms with van der Waals surface area (Å²) >= 11 is 4.98. The molecule has 6 heteroatoms. The third kappa shape index (κ3) is 4.35. The molecule has 0 atom stereocenters. The molecule has 1 N–H and O–H groups in total. The second-order valence-corrected chi connectivity index (χ2v) is 6.94. The Bertz CT molecular complexity index is 971. The second kappa shape index (κ2) is 8.09. The molecular weight excluding hydrogens is 398 g/mol. The van der Waals surface area contributed by atoms with Crippen molar-refractivity contribution in [2.45, 2.75) is 0 Å². The Morgan fingerprint density at radius 1 is 1.20 bits per heavy atom. The lowest BCUT2D eigenvalue weighted by molar-refractivity contribution is 0.475. The van der Waals surface area contributed by atoms with Gasteiger partial charge in [0.15, 0.2) is 0 Å². The standard InChI is InChI=1S/C19H16BrN3OS/c1-2-10-21-19-23(22-12-14-4-3-5-17(24)11-14)18(13-25-19)15-6-8-16(20)9-7-15/h2-9,11-13,24H,1,10H2. The quantitative estimate of drug-likeness (QED) is 0.480. The molecule has 1 heterocycles. The summed E-state index contributed by atoms with van der Waals surface area (Å²) in [5, 5.41) is 16.2. The zero-order valence-electron chi connectivity index (χ0n) is 13.3. The van der Waals surface area contributed by atoms with Gasteiger partial charge in [0.05, 0.1) is 18.5 Å². The Labute approximate surface area is 158 Å². The molecule has 1 aromatic heterocycles. The molecular formula is C19H16BrN3OS. The van der Waals surface area contributed by atoms with E-state index >= 15 is 0 Å². The summed E-state index contributed by atoms with van der Waals surface area (Å²) in [5.41, 5.74) is 2.82. The number of benzene rings is 2. The number of thiazole rings is 1. The highest BCUT2D eigenvalue weighted by Crippen LogP contribution is 2.22. The summed E-state index contributed by atoms with van der Waals surface area (Å²) in [7, 11) is 0. The van der Waals surface area contributed by atoms with Crippen LogP contribution in [0.25, 0.3) is 11.3 Å². The van der Waals surface area contributed by atoms with Gasteiger partial charge in [-0.05, 0) is 29.8 Å². The molecule has 2 aromatic carbocycles. The van der Waals surface area contributed by atoms with Crippen LogP contribution in [0.3, 0.4) is 0 Å². The van der Waals surface area contributed by atoms with Gasteiger partial charge in [-0.1, -0.05) is 46.3 Å². The SMILES string of the molecule is C=CCN=c1scc(-c2ccc(Br)cc2)n1N=Cc1cccc(O)c1. The average Bonchev–Trinajstić information content (AvgIpc) is 3.01. The predicted molar refractivity (Wildman–Crippen MR) is 107 cm³/mol. The van der Waals surface area contributed by atoms with Crippen LogP contribution in [0.5, 0.6) is 5.75 Å². The first-order valence-corrected chi connectivity index (χ1v) is 9.26. The lowest BCUT2D eigenvalue weighted by Gasteiger charge is -2.04. The molecule has 0 spiro atoms. The lowest BCUT2D eigenvalue weighted by Crippen LogP contribution is -2.12. The van der Waals surface area contributed by atoms with Crippen LogP contribution < -0.4 is 4.80 Å². The van der Waals surface area contributed by atoms with E-state index in [0.29, 0.717) is 6.54 Å². The summed E-state index contributed by atoms with van der Waals surface area (Å²) in [6, 6.07) is 15.0. The van der Waals surface area contributed by atoms with E-state index in [9.17, 15) is 5.11 Å². The smallest absolute Gasteiger partial charge is 0.206 e. The largest absolute Gasteiger partial charge is 0.508 e. The summed E-state index contributed by atoms with van der Waals surface area (Å²) < 4.78 is 2.83. The van der Waals surface area contributed by atoms with Crippen LogP contribution in [0.2, 0.25) is 0 Å². The fraction of sp³-hybridized carbons (Fsp3) is 0.0526. The lowest BCUT2D eigenvalue weighted by atomic mass is 10.2. The van der Waals surface area contributed by atoms with E-state index in [-0.39, 0.29) is 5.75 Å². The first-order valence-electron chi connectivity index (χ1n) is 7.58. The van der Waals surface area contributed by atoms with Gasteiger partial charge in [-0.25, -0.2) is 4.68 Å². The first kappa shape index (κ1) is 17.4. The van der Waals surface area contributed by atoms with Crippen molar-refractivity contribution in [1.29, 1.82) is 0 Å². The number of aromatic hydroxyl groups is 1. The molecule has 3 aromatic rings. The predicted octanol–water partition coefficient (Wildman–Crippen LogP) is 4.65. The molecule has 0 unspecified atom stereocenters. The molecule has 0 aliphatic carbocycles. The first-order chi connectivity index (χ1) is 12.2. The fourth-order valence-electron chi connectivity index (χ4n) is 2.21. The molecule has 0 fully saturated rings. The van der Waals surface area contributed by atoms with Crippen molar-refractivity contribution in [2.75, 3.05) is 6.54 Å². The number of hydrogen-bond acceptors (Lipinski definition) is 4. The molecule has 4 nitrogen and oxygen atoms in total. The highest BCUT2D eigenvalue weighted by molar-refractivity contribution is 9.10. The van der Waals surface area contributed by atoms with Gasteiger partial charge in [-0.3, -0.25) is 4.99 Å². The normalized spacial score (nSPS) is 12.0. The van der Waals surface area contributed by atoms with Crippen molar-refractivity contribution >= 4 is 33.5 Å². The fourth-order valence-corrected chi connectivity index (χ4v) is 3.32. The van der Waals surface area contributed by atoms with Gasteiger partial charge in [-0.15, -0.1) is 17.9 Å². The van der Waals surface area contributed by atoms with E-state index in [0.717, 1.165) is 26.1 Å². The van der Waals surface area contributed by atoms with Crippen molar-refractivity contribution < 1.29 is 5.11 Å². The number of phenols is 1. The number of aromatic nitrogens is 1. The Morgan fingerprint density at radius 3 is 2.72 bits per heavy atom. The molecule has 25 heavy (non-hydrogen) atoms. The van der Waals surface area contributed by atoms with Gasteiger partial charge >= 0.3 is 0 Å². The maximum Gasteiger partial charge on any atom is 0.206 e. The minimum Gasteiger partial charge on any atom is -0.508 e. The van der Waals surface area contributed by atoms with Crippen molar-refractivity contribution in [3.05, 3.63) is 81.4 Å². The van der Waals surface area contributed by atoms with E-state index in [1.165, 1.54) is 11.3 Å². The molecule has 0 saturated heterocycles. The van der Waals surface area contributed by atoms with Crippen LogP contribution in [0, 0.1) is 0 Å². The van der Waals surface area contributed by atoms with E-state index in [2.05, 4.69) is 32.6 Å². The van der Waals surface area contributed by atoms with Crippen molar-refractivity contribution in [3.63, 3.8) is 0 Å².